The molecule has 1 aromatic rings. The molecule has 1 aliphatic carbocycles. The molecule has 0 atom stereocenters. The van der Waals surface area contributed by atoms with Gasteiger partial charge in [-0.1, -0.05) is 6.07 Å². The normalized spacial score (nSPS) is 14.9. The first-order valence-electron chi connectivity index (χ1n) is 4.93. The molecule has 0 bridgehead atoms. The Balaban J connectivity index is 2.14. The van der Waals surface area contributed by atoms with E-state index in [2.05, 4.69) is 0 Å². The van der Waals surface area contributed by atoms with E-state index in [0.717, 1.165) is 0 Å². The van der Waals surface area contributed by atoms with Crippen LogP contribution in [0.5, 0.6) is 5.75 Å². The van der Waals surface area contributed by atoms with Crippen LogP contribution in [0.4, 0.5) is 5.69 Å². The minimum atomic E-state index is -1.02. The summed E-state index contributed by atoms with van der Waals surface area (Å²) < 4.78 is 5.46. The van der Waals surface area contributed by atoms with E-state index >= 15 is 0 Å². The average Bonchev–Trinajstić information content (AvgIpc) is 2.99. The first-order chi connectivity index (χ1) is 7.18. The second-order valence-electron chi connectivity index (χ2n) is 3.78. The highest BCUT2D eigenvalue weighted by molar-refractivity contribution is 5.95. The van der Waals surface area contributed by atoms with Gasteiger partial charge in [-0.2, -0.15) is 0 Å². The van der Waals surface area contributed by atoms with Crippen molar-refractivity contribution >= 4 is 11.7 Å². The van der Waals surface area contributed by atoms with Crippen LogP contribution in [0.3, 0.4) is 0 Å². The minimum Gasteiger partial charge on any atom is -0.491 e. The number of hydrogen-bond acceptors (Lipinski definition) is 3. The number of nitrogen functional groups attached to an aromatic ring is 1. The van der Waals surface area contributed by atoms with Crippen LogP contribution in [0.25, 0.3) is 0 Å². The fourth-order valence-electron chi connectivity index (χ4n) is 1.35. The second kappa shape index (κ2) is 3.81. The molecule has 0 heterocycles. The van der Waals surface area contributed by atoms with Gasteiger partial charge in [0.1, 0.15) is 5.75 Å². The number of rotatable bonds is 4. The number of carboxylic acid groups (broad SMARTS) is 1. The maximum Gasteiger partial charge on any atom is 0.337 e. The molecule has 1 fully saturated rings. The van der Waals surface area contributed by atoms with Gasteiger partial charge in [0.15, 0.2) is 0 Å². The van der Waals surface area contributed by atoms with Gasteiger partial charge < -0.3 is 15.6 Å². The Labute approximate surface area is 87.7 Å². The lowest BCUT2D eigenvalue weighted by molar-refractivity contribution is 0.0697. The molecular formula is C11H13NO3. The molecule has 0 radical (unpaired) electrons. The summed E-state index contributed by atoms with van der Waals surface area (Å²) in [4.78, 5) is 10.8. The van der Waals surface area contributed by atoms with E-state index in [1.165, 1.54) is 18.9 Å². The third-order valence-electron chi connectivity index (χ3n) is 2.47. The molecule has 1 aliphatic rings. The highest BCUT2D eigenvalue weighted by Crippen LogP contribution is 2.31. The Morgan fingerprint density at radius 3 is 2.87 bits per heavy atom. The summed E-state index contributed by atoms with van der Waals surface area (Å²) >= 11 is 0. The smallest absolute Gasteiger partial charge is 0.337 e. The summed E-state index contributed by atoms with van der Waals surface area (Å²) in [7, 11) is 0. The maximum absolute atomic E-state index is 10.8. The van der Waals surface area contributed by atoms with E-state index in [9.17, 15) is 4.79 Å². The molecule has 2 rings (SSSR count). The van der Waals surface area contributed by atoms with Crippen LogP contribution in [0.2, 0.25) is 0 Å². The zero-order chi connectivity index (χ0) is 10.8. The zero-order valence-electron chi connectivity index (χ0n) is 8.27. The molecular weight excluding hydrogens is 194 g/mol. The predicted molar refractivity (Wildman–Crippen MR) is 56.0 cm³/mol. The van der Waals surface area contributed by atoms with Crippen LogP contribution in [-0.2, 0) is 0 Å². The number of aromatic carboxylic acids is 1. The second-order valence-corrected chi connectivity index (χ2v) is 3.78. The predicted octanol–water partition coefficient (Wildman–Crippen LogP) is 1.76. The van der Waals surface area contributed by atoms with Crippen molar-refractivity contribution in [2.24, 2.45) is 5.92 Å². The van der Waals surface area contributed by atoms with E-state index in [-0.39, 0.29) is 11.3 Å². The quantitative estimate of drug-likeness (QED) is 0.738. The van der Waals surface area contributed by atoms with Gasteiger partial charge in [-0.25, -0.2) is 4.79 Å². The molecule has 0 amide bonds. The summed E-state index contributed by atoms with van der Waals surface area (Å²) in [5.41, 5.74) is 6.00. The minimum absolute atomic E-state index is 0.100. The Bertz CT molecular complexity index is 385. The Kier molecular flexibility index (Phi) is 2.49. The standard InChI is InChI=1S/C11H13NO3/c12-10-8(11(13)14)2-1-3-9(10)15-6-7-4-5-7/h1-3,7H,4-6,12H2,(H,13,14). The van der Waals surface area contributed by atoms with Gasteiger partial charge in [0.2, 0.25) is 0 Å². The molecule has 80 valence electrons. The summed E-state index contributed by atoms with van der Waals surface area (Å²) in [6.07, 6.45) is 2.39. The molecule has 1 saturated carbocycles. The number of ether oxygens (including phenoxy) is 1. The lowest BCUT2D eigenvalue weighted by atomic mass is 10.1. The fraction of sp³-hybridized carbons (Fsp3) is 0.364. The molecule has 0 aliphatic heterocycles. The van der Waals surface area contributed by atoms with Crippen LogP contribution < -0.4 is 10.5 Å². The van der Waals surface area contributed by atoms with Crippen LogP contribution in [-0.4, -0.2) is 17.7 Å². The molecule has 0 unspecified atom stereocenters. The van der Waals surface area contributed by atoms with Gasteiger partial charge in [-0.05, 0) is 30.9 Å². The molecule has 1 aromatic carbocycles. The lowest BCUT2D eigenvalue weighted by Crippen LogP contribution is -2.06. The average molecular weight is 207 g/mol. The molecule has 0 saturated heterocycles. The van der Waals surface area contributed by atoms with E-state index < -0.39 is 5.97 Å². The molecule has 4 heteroatoms. The van der Waals surface area contributed by atoms with Crippen molar-refractivity contribution in [1.29, 1.82) is 0 Å². The van der Waals surface area contributed by atoms with Gasteiger partial charge in [0.25, 0.3) is 0 Å². The third-order valence-corrected chi connectivity index (χ3v) is 2.47. The van der Waals surface area contributed by atoms with Gasteiger partial charge in [-0.15, -0.1) is 0 Å². The number of anilines is 1. The van der Waals surface area contributed by atoms with Crippen molar-refractivity contribution in [1.82, 2.24) is 0 Å². The van der Waals surface area contributed by atoms with Crippen molar-refractivity contribution in [2.45, 2.75) is 12.8 Å². The van der Waals surface area contributed by atoms with Crippen LogP contribution >= 0.6 is 0 Å². The molecule has 4 nitrogen and oxygen atoms in total. The summed E-state index contributed by atoms with van der Waals surface area (Å²) in [6.45, 7) is 0.632. The number of para-hydroxylation sites is 1. The Hall–Kier alpha value is -1.71. The first kappa shape index (κ1) is 9.83. The van der Waals surface area contributed by atoms with Gasteiger partial charge >= 0.3 is 5.97 Å². The van der Waals surface area contributed by atoms with E-state index in [1.807, 2.05) is 0 Å². The third kappa shape index (κ3) is 2.21. The Morgan fingerprint density at radius 1 is 1.53 bits per heavy atom. The fourth-order valence-corrected chi connectivity index (χ4v) is 1.35. The summed E-state index contributed by atoms with van der Waals surface area (Å²) in [5.74, 6) is 0.0732. The topological polar surface area (TPSA) is 72.5 Å². The molecule has 0 aromatic heterocycles. The SMILES string of the molecule is Nc1c(OCC2CC2)cccc1C(=O)O. The van der Waals surface area contributed by atoms with Crippen LogP contribution in [0, 0.1) is 5.92 Å². The molecule has 3 N–H and O–H groups in total. The van der Waals surface area contributed by atoms with Crippen LogP contribution in [0.1, 0.15) is 23.2 Å². The van der Waals surface area contributed by atoms with E-state index in [1.54, 1.807) is 12.1 Å². The number of benzene rings is 1. The van der Waals surface area contributed by atoms with Crippen molar-refractivity contribution < 1.29 is 14.6 Å². The molecule has 0 spiro atoms. The highest BCUT2D eigenvalue weighted by Gasteiger charge is 2.22. The van der Waals surface area contributed by atoms with E-state index in [0.29, 0.717) is 18.3 Å². The number of hydrogen-bond donors (Lipinski definition) is 2. The monoisotopic (exact) mass is 207 g/mol. The van der Waals surface area contributed by atoms with Crippen molar-refractivity contribution in [3.8, 4) is 5.75 Å². The molecule has 15 heavy (non-hydrogen) atoms. The van der Waals surface area contributed by atoms with Crippen LogP contribution in [0.15, 0.2) is 18.2 Å². The van der Waals surface area contributed by atoms with Gasteiger partial charge in [0, 0.05) is 0 Å². The summed E-state index contributed by atoms with van der Waals surface area (Å²) in [6, 6.07) is 4.81. The summed E-state index contributed by atoms with van der Waals surface area (Å²) in [5, 5.41) is 8.84. The Morgan fingerprint density at radius 2 is 2.27 bits per heavy atom. The number of nitrogens with two attached hydrogens (primary N) is 1. The van der Waals surface area contributed by atoms with Gasteiger partial charge in [-0.3, -0.25) is 0 Å². The first-order valence-corrected chi connectivity index (χ1v) is 4.93. The van der Waals surface area contributed by atoms with Crippen molar-refractivity contribution in [2.75, 3.05) is 12.3 Å². The largest absolute Gasteiger partial charge is 0.491 e. The van der Waals surface area contributed by atoms with Crippen molar-refractivity contribution in [3.63, 3.8) is 0 Å². The highest BCUT2D eigenvalue weighted by atomic mass is 16.5. The number of carbonyl (C=O) groups is 1. The van der Waals surface area contributed by atoms with Gasteiger partial charge in [0.05, 0.1) is 17.9 Å². The van der Waals surface area contributed by atoms with Crippen molar-refractivity contribution in [3.05, 3.63) is 23.8 Å². The lowest BCUT2D eigenvalue weighted by Gasteiger charge is -2.09. The van der Waals surface area contributed by atoms with E-state index in [4.69, 9.17) is 15.6 Å². The zero-order valence-corrected chi connectivity index (χ0v) is 8.27. The number of carboxylic acids is 1. The maximum atomic E-state index is 10.8.